The van der Waals surface area contributed by atoms with Gasteiger partial charge >= 0.3 is 148 Å². The molecule has 239 valence electrons. The molecule has 0 unspecified atom stereocenters. The molecule has 0 fully saturated rings. The van der Waals surface area contributed by atoms with E-state index in [4.69, 9.17) is 4.11 Å². The fourth-order valence-corrected chi connectivity index (χ4v) is 8.08. The first-order chi connectivity index (χ1) is 23.9. The number of hydrogen-bond donors (Lipinski definition) is 0. The summed E-state index contributed by atoms with van der Waals surface area (Å²) in [6, 6.07) is 43.9. The molecule has 0 atom stereocenters. The summed E-state index contributed by atoms with van der Waals surface area (Å²) >= 11 is -1.88. The molecule has 0 amide bonds. The maximum absolute atomic E-state index is 8.43. The Morgan fingerprint density at radius 2 is 1.23 bits per heavy atom. The Kier molecular flexibility index (Phi) is 8.82. The van der Waals surface area contributed by atoms with Crippen molar-refractivity contribution in [1.29, 1.82) is 0 Å². The van der Waals surface area contributed by atoms with Crippen LogP contribution >= 0.6 is 0 Å². The van der Waals surface area contributed by atoms with Gasteiger partial charge in [-0.2, -0.15) is 0 Å². The van der Waals surface area contributed by atoms with Gasteiger partial charge in [0.2, 0.25) is 0 Å². The van der Waals surface area contributed by atoms with E-state index >= 15 is 0 Å². The van der Waals surface area contributed by atoms with Crippen molar-refractivity contribution < 1.29 is 24.2 Å². The van der Waals surface area contributed by atoms with E-state index in [9.17, 15) is 0 Å². The van der Waals surface area contributed by atoms with E-state index in [0.29, 0.717) is 0 Å². The minimum absolute atomic E-state index is 0. The van der Waals surface area contributed by atoms with Crippen LogP contribution in [0.15, 0.2) is 134 Å². The zero-order valence-electron chi connectivity index (χ0n) is 30.8. The first kappa shape index (κ1) is 30.0. The van der Waals surface area contributed by atoms with Crippen LogP contribution in [0.4, 0.5) is 0 Å². The number of benzene rings is 6. The minimum Gasteiger partial charge on any atom is 0 e. The standard InChI is InChI=1S/C22H20GeN.C22H18N.Ir/c1-23(2,3)19-11-13-22(24-15-19)18-10-12-21-17(14-18)9-8-16-6-4-5-7-20(16)21;1-15(2)17-11-12-23-22(14-17)19-9-10-21-18(13-19)8-7-16-5-3-4-6-20(16)21;/h4-9,11-15H,1-3H3;3-8,10-15H,1-2H3;/q2*-1;/i8D,9D;15D;. The maximum atomic E-state index is 8.43. The Labute approximate surface area is 304 Å². The molecule has 0 bridgehead atoms. The summed E-state index contributed by atoms with van der Waals surface area (Å²) in [7, 11) is 0. The van der Waals surface area contributed by atoms with E-state index in [1.54, 1.807) is 6.20 Å². The Morgan fingerprint density at radius 1 is 0.625 bits per heavy atom. The molecule has 48 heavy (non-hydrogen) atoms. The Bertz CT molecular complexity index is 2540. The van der Waals surface area contributed by atoms with E-state index in [1.807, 2.05) is 74.6 Å². The molecule has 2 heterocycles. The number of hydrogen-bond acceptors (Lipinski definition) is 2. The van der Waals surface area contributed by atoms with Gasteiger partial charge in [-0.3, -0.25) is 0 Å². The molecule has 6 aromatic carbocycles. The zero-order chi connectivity index (χ0) is 35.2. The smallest absolute Gasteiger partial charge is 0 e. The maximum Gasteiger partial charge on any atom is 0 e. The molecule has 2 nitrogen and oxygen atoms in total. The SMILES string of the molecule is [2H]C(C)(C)c1ccnc(-c2[c-]cc3c(ccc4ccccc43)c2)c1.[2H]c1c([2H])c2ccccc2c2c[c-]c(-c3cc[c]([Ge]([CH3])([CH3])[CH3])cn3)cc12.[Ir]. The third kappa shape index (κ3) is 7.01. The summed E-state index contributed by atoms with van der Waals surface area (Å²) in [5, 5.41) is 8.41. The monoisotopic (exact) mass is 864 g/mol. The van der Waals surface area contributed by atoms with Gasteiger partial charge in [-0.25, -0.2) is 0 Å². The molecule has 8 rings (SSSR count). The zero-order valence-corrected chi connectivity index (χ0v) is 32.3. The van der Waals surface area contributed by atoms with Crippen molar-refractivity contribution >= 4 is 60.8 Å². The van der Waals surface area contributed by atoms with Gasteiger partial charge in [-0.15, -0.1) is 29.1 Å². The van der Waals surface area contributed by atoms with Crippen molar-refractivity contribution in [3.05, 3.63) is 151 Å². The molecule has 1 radical (unpaired) electrons. The predicted molar refractivity (Wildman–Crippen MR) is 204 cm³/mol. The number of aromatic nitrogens is 2. The summed E-state index contributed by atoms with van der Waals surface area (Å²) < 4.78 is 26.4. The van der Waals surface area contributed by atoms with Crippen LogP contribution in [0.5, 0.6) is 0 Å². The summed E-state index contributed by atoms with van der Waals surface area (Å²) in [6.07, 6.45) is 3.77. The van der Waals surface area contributed by atoms with Gasteiger partial charge in [0.05, 0.1) is 0 Å². The van der Waals surface area contributed by atoms with Crippen molar-refractivity contribution in [1.82, 2.24) is 9.97 Å². The Balaban J connectivity index is 0.000000173. The molecule has 2 aromatic heterocycles. The average Bonchev–Trinajstić information content (AvgIpc) is 3.13. The van der Waals surface area contributed by atoms with Gasteiger partial charge in [-0.05, 0) is 23.0 Å². The van der Waals surface area contributed by atoms with E-state index in [2.05, 4.69) is 94.0 Å². The van der Waals surface area contributed by atoms with Crippen LogP contribution in [0.2, 0.25) is 17.3 Å². The van der Waals surface area contributed by atoms with Crippen LogP contribution in [-0.4, -0.2) is 23.2 Å². The molecule has 0 spiro atoms. The van der Waals surface area contributed by atoms with Crippen LogP contribution in [0, 0.1) is 12.1 Å². The third-order valence-electron chi connectivity index (χ3n) is 8.69. The fourth-order valence-electron chi connectivity index (χ4n) is 5.91. The number of fused-ring (bicyclic) bond motifs is 6. The molecule has 8 aromatic rings. The first-order valence-electron chi connectivity index (χ1n) is 17.5. The Morgan fingerprint density at radius 3 is 1.92 bits per heavy atom. The quantitative estimate of drug-likeness (QED) is 0.100. The minimum atomic E-state index is -1.88. The van der Waals surface area contributed by atoms with Crippen molar-refractivity contribution in [3.63, 3.8) is 0 Å². The van der Waals surface area contributed by atoms with Crippen molar-refractivity contribution in [3.8, 4) is 22.5 Å². The summed E-state index contributed by atoms with van der Waals surface area (Å²) in [6.45, 7) is 3.78. The molecule has 0 N–H and O–H groups in total. The van der Waals surface area contributed by atoms with Crippen LogP contribution in [-0.2, 0) is 20.1 Å². The van der Waals surface area contributed by atoms with Crippen LogP contribution in [0.25, 0.3) is 65.6 Å². The van der Waals surface area contributed by atoms with E-state index in [0.717, 1.165) is 49.6 Å². The molecular weight excluding hydrogens is 821 g/mol. The van der Waals surface area contributed by atoms with Crippen LogP contribution in [0.3, 0.4) is 0 Å². The average molecular weight is 863 g/mol. The third-order valence-corrected chi connectivity index (χ3v) is 12.9. The van der Waals surface area contributed by atoms with E-state index in [1.165, 1.54) is 25.9 Å². The molecule has 0 aliphatic rings. The van der Waals surface area contributed by atoms with Crippen LogP contribution in [0.1, 0.15) is 29.4 Å². The molecule has 0 saturated carbocycles. The Hall–Kier alpha value is -4.15. The van der Waals surface area contributed by atoms with E-state index in [-0.39, 0.29) is 32.2 Å². The van der Waals surface area contributed by atoms with Gasteiger partial charge in [0.1, 0.15) is 0 Å². The van der Waals surface area contributed by atoms with Gasteiger partial charge in [0.15, 0.2) is 0 Å². The molecule has 0 aliphatic carbocycles. The molecule has 4 heteroatoms. The second-order valence-electron chi connectivity index (χ2n) is 13.2. The summed E-state index contributed by atoms with van der Waals surface area (Å²) in [4.78, 5) is 9.12. The van der Waals surface area contributed by atoms with Crippen molar-refractivity contribution in [2.24, 2.45) is 0 Å². The number of nitrogens with zero attached hydrogens (tertiary/aromatic N) is 2. The van der Waals surface area contributed by atoms with Crippen molar-refractivity contribution in [2.75, 3.05) is 0 Å². The van der Waals surface area contributed by atoms with Gasteiger partial charge < -0.3 is 4.98 Å². The van der Waals surface area contributed by atoms with Gasteiger partial charge in [0, 0.05) is 27.7 Å². The molecular formula is C44H38GeIrN2-2. The second-order valence-corrected chi connectivity index (χ2v) is 23.9. The number of rotatable bonds is 4. The number of pyridine rings is 2. The summed E-state index contributed by atoms with van der Waals surface area (Å²) in [5.41, 5.74) is 4.52. The van der Waals surface area contributed by atoms with Gasteiger partial charge in [0.25, 0.3) is 0 Å². The summed E-state index contributed by atoms with van der Waals surface area (Å²) in [5.74, 6) is 6.43. The first-order valence-corrected chi connectivity index (χ1v) is 23.3. The predicted octanol–water partition coefficient (Wildman–Crippen LogP) is 11.4. The van der Waals surface area contributed by atoms with Gasteiger partial charge in [-0.1, -0.05) is 72.6 Å². The van der Waals surface area contributed by atoms with E-state index < -0.39 is 19.2 Å². The molecule has 0 aliphatic heterocycles. The van der Waals surface area contributed by atoms with Crippen molar-refractivity contribution in [2.45, 2.75) is 37.0 Å². The molecule has 0 saturated heterocycles. The topological polar surface area (TPSA) is 25.8 Å². The van der Waals surface area contributed by atoms with Crippen LogP contribution < -0.4 is 4.40 Å². The largest absolute Gasteiger partial charge is 0 e. The second kappa shape index (κ2) is 14.1. The fraction of sp³-hybridized carbons (Fsp3) is 0.136. The normalized spacial score (nSPS) is 12.6.